The number of hydrogen-bond acceptors (Lipinski definition) is 2. The first kappa shape index (κ1) is 23.3. The molecule has 0 radical (unpaired) electrons. The van der Waals surface area contributed by atoms with Crippen molar-refractivity contribution in [2.24, 2.45) is 0 Å². The van der Waals surface area contributed by atoms with E-state index in [-0.39, 0.29) is 23.5 Å². The summed E-state index contributed by atoms with van der Waals surface area (Å²) in [6, 6.07) is 26.3. The van der Waals surface area contributed by atoms with Gasteiger partial charge in [-0.15, -0.1) is 0 Å². The van der Waals surface area contributed by atoms with Crippen molar-refractivity contribution in [2.45, 2.75) is 43.1 Å². The van der Waals surface area contributed by atoms with E-state index in [9.17, 15) is 14.0 Å². The highest BCUT2D eigenvalue weighted by molar-refractivity contribution is 5.88. The Morgan fingerprint density at radius 3 is 2.11 bits per heavy atom. The van der Waals surface area contributed by atoms with E-state index in [0.29, 0.717) is 19.5 Å². The molecule has 4 nitrogen and oxygen atoms in total. The van der Waals surface area contributed by atoms with Crippen molar-refractivity contribution in [3.8, 4) is 0 Å². The number of rotatable bonds is 4. The third-order valence-electron chi connectivity index (χ3n) is 7.91. The molecular formula is C30H31FN2O2. The largest absolute Gasteiger partial charge is 0.339 e. The Hall–Kier alpha value is -3.47. The Kier molecular flexibility index (Phi) is 6.42. The zero-order chi connectivity index (χ0) is 24.4. The minimum Gasteiger partial charge on any atom is -0.339 e. The molecule has 3 aromatic carbocycles. The summed E-state index contributed by atoms with van der Waals surface area (Å²) < 4.78 is 13.8. The van der Waals surface area contributed by atoms with Crippen molar-refractivity contribution in [2.75, 3.05) is 20.1 Å². The first-order valence-electron chi connectivity index (χ1n) is 12.4. The molecule has 0 aliphatic carbocycles. The van der Waals surface area contributed by atoms with E-state index in [1.807, 2.05) is 89.6 Å². The number of benzene rings is 3. The van der Waals surface area contributed by atoms with Gasteiger partial charge in [-0.05, 0) is 41.7 Å². The van der Waals surface area contributed by atoms with Gasteiger partial charge in [-0.2, -0.15) is 0 Å². The van der Waals surface area contributed by atoms with Gasteiger partial charge < -0.3 is 9.80 Å². The predicted molar refractivity (Wildman–Crippen MR) is 134 cm³/mol. The summed E-state index contributed by atoms with van der Waals surface area (Å²) in [5, 5.41) is 0. The van der Waals surface area contributed by atoms with Gasteiger partial charge in [0.25, 0.3) is 0 Å². The fraction of sp³-hybridized carbons (Fsp3) is 0.333. The molecule has 0 bridgehead atoms. The van der Waals surface area contributed by atoms with Crippen LogP contribution in [0, 0.1) is 5.82 Å². The molecule has 2 amide bonds. The van der Waals surface area contributed by atoms with Crippen LogP contribution in [-0.2, 0) is 9.59 Å². The molecule has 2 heterocycles. The standard InChI is InChI=1S/C30H31FN2O2/c1-32-27(34)14-8-9-19-30(32)21-33(20-26(30)22-15-17-25(31)18-16-22)29(35)28(23-10-4-2-5-11-23)24-12-6-3-7-13-24/h2-7,10-13,15-18,26,28H,8-9,14,19-21H2,1H3/t26-,30+/m0/s1. The maximum Gasteiger partial charge on any atom is 0.234 e. The molecule has 2 fully saturated rings. The summed E-state index contributed by atoms with van der Waals surface area (Å²) in [6.45, 7) is 0.977. The second-order valence-corrected chi connectivity index (χ2v) is 9.84. The van der Waals surface area contributed by atoms with Gasteiger partial charge in [-0.1, -0.05) is 79.2 Å². The number of halogens is 1. The summed E-state index contributed by atoms with van der Waals surface area (Å²) in [6.07, 6.45) is 3.13. The fourth-order valence-electron chi connectivity index (χ4n) is 6.01. The van der Waals surface area contributed by atoms with Crippen LogP contribution in [0.15, 0.2) is 84.9 Å². The molecule has 0 N–H and O–H groups in total. The molecule has 2 aliphatic rings. The van der Waals surface area contributed by atoms with Crippen LogP contribution in [0.3, 0.4) is 0 Å². The second kappa shape index (κ2) is 9.65. The summed E-state index contributed by atoms with van der Waals surface area (Å²) >= 11 is 0. The number of amides is 2. The molecule has 3 aromatic rings. The zero-order valence-electron chi connectivity index (χ0n) is 20.1. The maximum atomic E-state index is 14.2. The zero-order valence-corrected chi connectivity index (χ0v) is 20.1. The molecule has 1 spiro atoms. The highest BCUT2D eigenvalue weighted by Gasteiger charge is 2.53. The number of hydrogen-bond donors (Lipinski definition) is 0. The fourth-order valence-corrected chi connectivity index (χ4v) is 6.01. The quantitative estimate of drug-likeness (QED) is 0.515. The molecular weight excluding hydrogens is 439 g/mol. The van der Waals surface area contributed by atoms with Crippen LogP contribution >= 0.6 is 0 Å². The number of carbonyl (C=O) groups is 2. The van der Waals surface area contributed by atoms with Gasteiger partial charge in [-0.25, -0.2) is 4.39 Å². The molecule has 0 saturated carbocycles. The van der Waals surface area contributed by atoms with Crippen molar-refractivity contribution in [1.29, 1.82) is 0 Å². The lowest BCUT2D eigenvalue weighted by atomic mass is 9.78. The van der Waals surface area contributed by atoms with Gasteiger partial charge in [0.05, 0.1) is 11.5 Å². The van der Waals surface area contributed by atoms with Crippen LogP contribution < -0.4 is 0 Å². The third-order valence-corrected chi connectivity index (χ3v) is 7.91. The maximum absolute atomic E-state index is 14.2. The topological polar surface area (TPSA) is 40.6 Å². The van der Waals surface area contributed by atoms with Gasteiger partial charge in [-0.3, -0.25) is 9.59 Å². The minimum atomic E-state index is -0.501. The molecule has 5 heteroatoms. The van der Waals surface area contributed by atoms with E-state index in [4.69, 9.17) is 0 Å². The molecule has 2 atom stereocenters. The van der Waals surface area contributed by atoms with Gasteiger partial charge in [0, 0.05) is 32.5 Å². The Morgan fingerprint density at radius 1 is 0.914 bits per heavy atom. The lowest BCUT2D eigenvalue weighted by Gasteiger charge is -2.42. The summed E-state index contributed by atoms with van der Waals surface area (Å²) in [5.41, 5.74) is 2.37. The minimum absolute atomic E-state index is 0.0384. The number of carbonyl (C=O) groups excluding carboxylic acids is 2. The Labute approximate surface area is 206 Å². The van der Waals surface area contributed by atoms with Crippen LogP contribution in [0.25, 0.3) is 0 Å². The van der Waals surface area contributed by atoms with E-state index < -0.39 is 11.5 Å². The average molecular weight is 471 g/mol. The summed E-state index contributed by atoms with van der Waals surface area (Å²) in [7, 11) is 1.88. The summed E-state index contributed by atoms with van der Waals surface area (Å²) in [4.78, 5) is 31.1. The van der Waals surface area contributed by atoms with E-state index in [1.54, 1.807) is 0 Å². The highest BCUT2D eigenvalue weighted by atomic mass is 19.1. The van der Waals surface area contributed by atoms with Crippen molar-refractivity contribution in [3.05, 3.63) is 107 Å². The smallest absolute Gasteiger partial charge is 0.234 e. The lowest BCUT2D eigenvalue weighted by molar-refractivity contribution is -0.137. The number of nitrogens with zero attached hydrogens (tertiary/aromatic N) is 2. The van der Waals surface area contributed by atoms with Crippen LogP contribution in [0.2, 0.25) is 0 Å². The van der Waals surface area contributed by atoms with Gasteiger partial charge in [0.2, 0.25) is 11.8 Å². The SMILES string of the molecule is CN1C(=O)CCCC[C@]12CN(C(=O)C(c1ccccc1)c1ccccc1)C[C@H]2c1ccc(F)cc1. The van der Waals surface area contributed by atoms with Crippen LogP contribution in [0.5, 0.6) is 0 Å². The monoisotopic (exact) mass is 470 g/mol. The van der Waals surface area contributed by atoms with Gasteiger partial charge in [0.1, 0.15) is 5.82 Å². The predicted octanol–water partition coefficient (Wildman–Crippen LogP) is 5.35. The number of likely N-dealkylation sites (tertiary alicyclic amines) is 2. The highest BCUT2D eigenvalue weighted by Crippen LogP contribution is 2.46. The van der Waals surface area contributed by atoms with Crippen molar-refractivity contribution < 1.29 is 14.0 Å². The summed E-state index contributed by atoms with van der Waals surface area (Å²) in [5.74, 6) is -0.630. The van der Waals surface area contributed by atoms with Crippen molar-refractivity contribution in [3.63, 3.8) is 0 Å². The third kappa shape index (κ3) is 4.36. The molecule has 2 saturated heterocycles. The molecule has 0 aromatic heterocycles. The van der Waals surface area contributed by atoms with E-state index in [0.717, 1.165) is 36.0 Å². The molecule has 5 rings (SSSR count). The molecule has 35 heavy (non-hydrogen) atoms. The van der Waals surface area contributed by atoms with Gasteiger partial charge >= 0.3 is 0 Å². The average Bonchev–Trinajstić information content (AvgIpc) is 3.22. The lowest BCUT2D eigenvalue weighted by Crippen LogP contribution is -2.53. The Morgan fingerprint density at radius 2 is 1.51 bits per heavy atom. The van der Waals surface area contributed by atoms with E-state index in [2.05, 4.69) is 0 Å². The van der Waals surface area contributed by atoms with Crippen LogP contribution in [0.1, 0.15) is 54.2 Å². The Balaban J connectivity index is 1.56. The number of likely N-dealkylation sites (N-methyl/N-ethyl adjacent to an activating group) is 1. The van der Waals surface area contributed by atoms with Gasteiger partial charge in [0.15, 0.2) is 0 Å². The van der Waals surface area contributed by atoms with E-state index in [1.165, 1.54) is 12.1 Å². The normalized spacial score (nSPS) is 22.6. The van der Waals surface area contributed by atoms with Crippen LogP contribution in [0.4, 0.5) is 4.39 Å². The Bertz CT molecular complexity index is 1140. The molecule has 2 aliphatic heterocycles. The first-order chi connectivity index (χ1) is 17.0. The van der Waals surface area contributed by atoms with Crippen molar-refractivity contribution >= 4 is 11.8 Å². The van der Waals surface area contributed by atoms with Crippen molar-refractivity contribution in [1.82, 2.24) is 9.80 Å². The molecule has 180 valence electrons. The van der Waals surface area contributed by atoms with E-state index >= 15 is 0 Å². The second-order valence-electron chi connectivity index (χ2n) is 9.84. The van der Waals surface area contributed by atoms with Crippen LogP contribution in [-0.4, -0.2) is 47.3 Å². The first-order valence-corrected chi connectivity index (χ1v) is 12.4. The molecule has 0 unspecified atom stereocenters.